The maximum absolute atomic E-state index is 11.9. The Labute approximate surface area is 62.6 Å². The minimum atomic E-state index is -0.296. The van der Waals surface area contributed by atoms with Crippen LogP contribution in [0.1, 0.15) is 27.7 Å². The molecule has 0 bridgehead atoms. The Morgan fingerprint density at radius 1 is 1.40 bits per heavy atom. The molecule has 0 rings (SSSR count). The standard InChI is InChI=1S/C8H17FO/c1-7(5-9)6-10-8(2,3)4/h7H,5-6H2,1-4H3/t7-/m0/s1. The maximum Gasteiger partial charge on any atom is 0.0941 e. The van der Waals surface area contributed by atoms with Gasteiger partial charge in [0.15, 0.2) is 0 Å². The lowest BCUT2D eigenvalue weighted by molar-refractivity contribution is -0.0225. The highest BCUT2D eigenvalue weighted by molar-refractivity contribution is 4.60. The number of halogens is 1. The van der Waals surface area contributed by atoms with E-state index >= 15 is 0 Å². The Hall–Kier alpha value is -0.110. The van der Waals surface area contributed by atoms with Gasteiger partial charge in [0.2, 0.25) is 0 Å². The molecule has 0 spiro atoms. The molecule has 0 aromatic heterocycles. The molecule has 0 aromatic rings. The highest BCUT2D eigenvalue weighted by atomic mass is 19.1. The summed E-state index contributed by atoms with van der Waals surface area (Å²) in [6.07, 6.45) is 0. The van der Waals surface area contributed by atoms with Gasteiger partial charge in [0.25, 0.3) is 0 Å². The average Bonchev–Trinajstić information content (AvgIpc) is 1.81. The van der Waals surface area contributed by atoms with Gasteiger partial charge in [-0.25, -0.2) is 0 Å². The second kappa shape index (κ2) is 3.91. The van der Waals surface area contributed by atoms with Crippen molar-refractivity contribution >= 4 is 0 Å². The minimum absolute atomic E-state index is 0.0271. The van der Waals surface area contributed by atoms with Crippen LogP contribution in [-0.4, -0.2) is 18.9 Å². The highest BCUT2D eigenvalue weighted by Crippen LogP contribution is 2.09. The minimum Gasteiger partial charge on any atom is -0.375 e. The molecule has 1 atom stereocenters. The predicted molar refractivity (Wildman–Crippen MR) is 40.8 cm³/mol. The van der Waals surface area contributed by atoms with Gasteiger partial charge in [-0.05, 0) is 20.8 Å². The van der Waals surface area contributed by atoms with Gasteiger partial charge in [-0.3, -0.25) is 4.39 Å². The van der Waals surface area contributed by atoms with Crippen molar-refractivity contribution in [1.29, 1.82) is 0 Å². The van der Waals surface area contributed by atoms with Crippen molar-refractivity contribution in [2.24, 2.45) is 5.92 Å². The molecule has 0 fully saturated rings. The van der Waals surface area contributed by atoms with Crippen LogP contribution in [-0.2, 0) is 4.74 Å². The van der Waals surface area contributed by atoms with Gasteiger partial charge in [-0.15, -0.1) is 0 Å². The molecule has 0 aromatic carbocycles. The number of ether oxygens (including phenoxy) is 1. The molecule has 2 heteroatoms. The van der Waals surface area contributed by atoms with E-state index in [2.05, 4.69) is 0 Å². The molecule has 0 radical (unpaired) electrons. The highest BCUT2D eigenvalue weighted by Gasteiger charge is 2.11. The lowest BCUT2D eigenvalue weighted by Crippen LogP contribution is -2.23. The van der Waals surface area contributed by atoms with Crippen molar-refractivity contribution in [3.8, 4) is 0 Å². The van der Waals surface area contributed by atoms with Crippen molar-refractivity contribution in [1.82, 2.24) is 0 Å². The van der Waals surface area contributed by atoms with E-state index in [0.717, 1.165) is 0 Å². The summed E-state index contributed by atoms with van der Waals surface area (Å²) in [7, 11) is 0. The van der Waals surface area contributed by atoms with Crippen LogP contribution in [0.2, 0.25) is 0 Å². The van der Waals surface area contributed by atoms with Gasteiger partial charge in [0.1, 0.15) is 0 Å². The molecule has 0 aliphatic carbocycles. The molecule has 0 aliphatic heterocycles. The van der Waals surface area contributed by atoms with Gasteiger partial charge in [0, 0.05) is 5.92 Å². The van der Waals surface area contributed by atoms with Crippen molar-refractivity contribution in [2.75, 3.05) is 13.3 Å². The molecule has 0 heterocycles. The van der Waals surface area contributed by atoms with E-state index in [0.29, 0.717) is 6.61 Å². The van der Waals surface area contributed by atoms with Crippen LogP contribution in [0.15, 0.2) is 0 Å². The largest absolute Gasteiger partial charge is 0.375 e. The van der Waals surface area contributed by atoms with Crippen LogP contribution < -0.4 is 0 Å². The van der Waals surface area contributed by atoms with Gasteiger partial charge < -0.3 is 4.74 Å². The fourth-order valence-electron chi connectivity index (χ4n) is 0.437. The molecule has 62 valence electrons. The van der Waals surface area contributed by atoms with E-state index in [1.807, 2.05) is 27.7 Å². The molecule has 0 saturated carbocycles. The Kier molecular flexibility index (Phi) is 3.87. The third-order valence-electron chi connectivity index (χ3n) is 1.06. The van der Waals surface area contributed by atoms with Gasteiger partial charge in [-0.2, -0.15) is 0 Å². The van der Waals surface area contributed by atoms with Crippen molar-refractivity contribution < 1.29 is 9.13 Å². The Morgan fingerprint density at radius 3 is 2.20 bits per heavy atom. The van der Waals surface area contributed by atoms with Crippen molar-refractivity contribution in [3.05, 3.63) is 0 Å². The lowest BCUT2D eigenvalue weighted by atomic mass is 10.1. The average molecular weight is 148 g/mol. The van der Waals surface area contributed by atoms with Crippen molar-refractivity contribution in [2.45, 2.75) is 33.3 Å². The Balaban J connectivity index is 3.36. The summed E-state index contributed by atoms with van der Waals surface area (Å²) in [6.45, 7) is 7.97. The zero-order valence-corrected chi connectivity index (χ0v) is 7.28. The summed E-state index contributed by atoms with van der Waals surface area (Å²) in [5.41, 5.74) is -0.135. The first kappa shape index (κ1) is 9.89. The quantitative estimate of drug-likeness (QED) is 0.597. The van der Waals surface area contributed by atoms with Crippen LogP contribution in [0.3, 0.4) is 0 Å². The van der Waals surface area contributed by atoms with E-state index in [1.54, 1.807) is 0 Å². The molecule has 0 saturated heterocycles. The van der Waals surface area contributed by atoms with Crippen LogP contribution in [0.5, 0.6) is 0 Å². The van der Waals surface area contributed by atoms with E-state index in [1.165, 1.54) is 0 Å². The fraction of sp³-hybridized carbons (Fsp3) is 1.00. The summed E-state index contributed by atoms with van der Waals surface area (Å²) in [5.74, 6) is 0.0271. The third kappa shape index (κ3) is 6.02. The fourth-order valence-corrected chi connectivity index (χ4v) is 0.437. The SMILES string of the molecule is C[C@@H](CF)COC(C)(C)C. The molecule has 0 N–H and O–H groups in total. The summed E-state index contributed by atoms with van der Waals surface area (Å²) in [5, 5.41) is 0. The van der Waals surface area contributed by atoms with Crippen molar-refractivity contribution in [3.63, 3.8) is 0 Å². The second-order valence-electron chi connectivity index (χ2n) is 3.68. The first-order chi connectivity index (χ1) is 4.45. The smallest absolute Gasteiger partial charge is 0.0941 e. The molecular weight excluding hydrogens is 131 g/mol. The number of rotatable bonds is 3. The van der Waals surface area contributed by atoms with Crippen LogP contribution in [0, 0.1) is 5.92 Å². The molecule has 0 unspecified atom stereocenters. The molecule has 0 aliphatic rings. The second-order valence-corrected chi connectivity index (χ2v) is 3.68. The number of alkyl halides is 1. The first-order valence-corrected chi connectivity index (χ1v) is 3.65. The van der Waals surface area contributed by atoms with Crippen LogP contribution >= 0.6 is 0 Å². The zero-order valence-electron chi connectivity index (χ0n) is 7.28. The monoisotopic (exact) mass is 148 g/mol. The predicted octanol–water partition coefficient (Wildman–Crippen LogP) is 2.41. The van der Waals surface area contributed by atoms with E-state index in [9.17, 15) is 4.39 Å². The summed E-state index contributed by atoms with van der Waals surface area (Å²) in [4.78, 5) is 0. The Morgan fingerprint density at radius 2 is 1.90 bits per heavy atom. The zero-order chi connectivity index (χ0) is 8.20. The van der Waals surface area contributed by atoms with Crippen LogP contribution in [0.25, 0.3) is 0 Å². The summed E-state index contributed by atoms with van der Waals surface area (Å²) >= 11 is 0. The van der Waals surface area contributed by atoms with Crippen LogP contribution in [0.4, 0.5) is 4.39 Å². The molecule has 1 nitrogen and oxygen atoms in total. The van der Waals surface area contributed by atoms with E-state index in [-0.39, 0.29) is 18.2 Å². The van der Waals surface area contributed by atoms with E-state index < -0.39 is 0 Å². The van der Waals surface area contributed by atoms with Gasteiger partial charge in [-0.1, -0.05) is 6.92 Å². The Bertz CT molecular complexity index is 85.7. The summed E-state index contributed by atoms with van der Waals surface area (Å²) < 4.78 is 17.2. The number of hydrogen-bond donors (Lipinski definition) is 0. The third-order valence-corrected chi connectivity index (χ3v) is 1.06. The molecule has 10 heavy (non-hydrogen) atoms. The molecule has 0 amide bonds. The lowest BCUT2D eigenvalue weighted by Gasteiger charge is -2.21. The molecular formula is C8H17FO. The maximum atomic E-state index is 11.9. The topological polar surface area (TPSA) is 9.23 Å². The summed E-state index contributed by atoms with van der Waals surface area (Å²) in [6, 6.07) is 0. The first-order valence-electron chi connectivity index (χ1n) is 3.65. The van der Waals surface area contributed by atoms with E-state index in [4.69, 9.17) is 4.74 Å². The normalized spacial score (nSPS) is 15.3. The van der Waals surface area contributed by atoms with Gasteiger partial charge >= 0.3 is 0 Å². The number of hydrogen-bond acceptors (Lipinski definition) is 1. The van der Waals surface area contributed by atoms with Gasteiger partial charge in [0.05, 0.1) is 18.9 Å².